The molecule has 24 heavy (non-hydrogen) atoms. The molecule has 3 rings (SSSR count). The number of nitrogens with one attached hydrogen (secondary N) is 1. The molecule has 1 aromatic carbocycles. The van der Waals surface area contributed by atoms with Gasteiger partial charge in [0, 0.05) is 11.1 Å². The molecule has 2 aliphatic carbocycles. The second kappa shape index (κ2) is 6.23. The van der Waals surface area contributed by atoms with E-state index in [0.717, 1.165) is 30.7 Å². The fraction of sp³-hybridized carbons (Fsp3) is 0.600. The lowest BCUT2D eigenvalue weighted by Gasteiger charge is -2.32. The van der Waals surface area contributed by atoms with E-state index in [-0.39, 0.29) is 17.1 Å². The van der Waals surface area contributed by atoms with E-state index < -0.39 is 5.41 Å². The Morgan fingerprint density at radius 1 is 1.29 bits per heavy atom. The Labute approximate surface area is 144 Å². The minimum absolute atomic E-state index is 0.114. The van der Waals surface area contributed by atoms with E-state index in [9.17, 15) is 9.59 Å². The molecular weight excluding hydrogens is 302 g/mol. The number of hydrogen-bond acceptors (Lipinski definition) is 3. The van der Waals surface area contributed by atoms with Crippen molar-refractivity contribution in [2.45, 2.75) is 52.9 Å². The number of hydrogen-bond donors (Lipinski definition) is 1. The lowest BCUT2D eigenvalue weighted by Crippen LogP contribution is -2.44. The normalized spacial score (nSPS) is 27.3. The number of benzene rings is 1. The van der Waals surface area contributed by atoms with Gasteiger partial charge in [0.2, 0.25) is 5.91 Å². The van der Waals surface area contributed by atoms with Gasteiger partial charge in [-0.2, -0.15) is 0 Å². The summed E-state index contributed by atoms with van der Waals surface area (Å²) in [6.45, 7) is 6.80. The highest BCUT2D eigenvalue weighted by Gasteiger charge is 2.64. The Kier molecular flexibility index (Phi) is 4.41. The molecule has 2 unspecified atom stereocenters. The molecule has 2 bridgehead atoms. The minimum Gasteiger partial charge on any atom is -0.494 e. The van der Waals surface area contributed by atoms with Crippen molar-refractivity contribution >= 4 is 17.4 Å². The van der Waals surface area contributed by atoms with Crippen LogP contribution in [0.15, 0.2) is 24.3 Å². The van der Waals surface area contributed by atoms with Crippen LogP contribution in [0.5, 0.6) is 5.75 Å². The van der Waals surface area contributed by atoms with Crippen LogP contribution in [0.25, 0.3) is 0 Å². The molecule has 1 aromatic rings. The summed E-state index contributed by atoms with van der Waals surface area (Å²) in [6, 6.07) is 7.40. The Morgan fingerprint density at radius 3 is 2.58 bits per heavy atom. The Hall–Kier alpha value is -1.84. The van der Waals surface area contributed by atoms with Crippen molar-refractivity contribution in [1.82, 2.24) is 0 Å². The molecule has 2 fully saturated rings. The average molecular weight is 329 g/mol. The van der Waals surface area contributed by atoms with Crippen molar-refractivity contribution < 1.29 is 14.3 Å². The van der Waals surface area contributed by atoms with Crippen LogP contribution >= 0.6 is 0 Å². The maximum Gasteiger partial charge on any atom is 0.238 e. The van der Waals surface area contributed by atoms with Crippen molar-refractivity contribution in [2.24, 2.45) is 16.7 Å². The van der Waals surface area contributed by atoms with Gasteiger partial charge in [0.25, 0.3) is 0 Å². The molecule has 0 aliphatic heterocycles. The summed E-state index contributed by atoms with van der Waals surface area (Å²) in [5.74, 6) is 1.12. The molecule has 1 N–H and O–H groups in total. The summed E-state index contributed by atoms with van der Waals surface area (Å²) in [6.07, 6.45) is 4.48. The van der Waals surface area contributed by atoms with E-state index in [4.69, 9.17) is 4.74 Å². The lowest BCUT2D eigenvalue weighted by molar-refractivity contribution is -0.142. The predicted molar refractivity (Wildman–Crippen MR) is 94.0 cm³/mol. The second-order valence-corrected chi connectivity index (χ2v) is 7.75. The van der Waals surface area contributed by atoms with Gasteiger partial charge in [0.05, 0.1) is 6.61 Å². The van der Waals surface area contributed by atoms with Gasteiger partial charge in [-0.1, -0.05) is 27.2 Å². The van der Waals surface area contributed by atoms with Crippen LogP contribution in [0.3, 0.4) is 0 Å². The highest BCUT2D eigenvalue weighted by Crippen LogP contribution is 2.60. The summed E-state index contributed by atoms with van der Waals surface area (Å²) >= 11 is 0. The molecule has 0 heterocycles. The predicted octanol–water partition coefficient (Wildman–Crippen LogP) is 4.20. The molecule has 0 aromatic heterocycles. The molecule has 4 nitrogen and oxygen atoms in total. The molecule has 1 amide bonds. The maximum absolute atomic E-state index is 12.8. The zero-order valence-corrected chi connectivity index (χ0v) is 14.9. The van der Waals surface area contributed by atoms with Crippen molar-refractivity contribution in [1.29, 1.82) is 0 Å². The van der Waals surface area contributed by atoms with E-state index in [1.54, 1.807) is 0 Å². The summed E-state index contributed by atoms with van der Waals surface area (Å²) in [7, 11) is 0. The fourth-order valence-electron chi connectivity index (χ4n) is 4.20. The maximum atomic E-state index is 12.8. The number of carbonyl (C=O) groups excluding carboxylic acids is 2. The first-order valence-electron chi connectivity index (χ1n) is 8.99. The van der Waals surface area contributed by atoms with Crippen LogP contribution in [0.1, 0.15) is 52.9 Å². The van der Waals surface area contributed by atoms with Crippen LogP contribution in [0, 0.1) is 16.7 Å². The van der Waals surface area contributed by atoms with E-state index in [0.29, 0.717) is 25.4 Å². The molecule has 0 spiro atoms. The summed E-state index contributed by atoms with van der Waals surface area (Å²) in [4.78, 5) is 25.6. The lowest BCUT2D eigenvalue weighted by atomic mass is 9.70. The van der Waals surface area contributed by atoms with Gasteiger partial charge < -0.3 is 10.1 Å². The number of ether oxygens (including phenoxy) is 1. The number of ketones is 1. The van der Waals surface area contributed by atoms with Crippen molar-refractivity contribution in [3.05, 3.63) is 24.3 Å². The van der Waals surface area contributed by atoms with E-state index in [1.807, 2.05) is 38.1 Å². The van der Waals surface area contributed by atoms with Crippen LogP contribution in [-0.4, -0.2) is 18.3 Å². The second-order valence-electron chi connectivity index (χ2n) is 7.75. The van der Waals surface area contributed by atoms with Crippen LogP contribution in [0.2, 0.25) is 0 Å². The number of carbonyl (C=O) groups is 2. The smallest absolute Gasteiger partial charge is 0.238 e. The Bertz CT molecular complexity index is 635. The van der Waals surface area contributed by atoms with Crippen molar-refractivity contribution in [3.8, 4) is 5.75 Å². The third-order valence-corrected chi connectivity index (χ3v) is 5.87. The molecular formula is C20H27NO3. The largest absolute Gasteiger partial charge is 0.494 e. The first-order chi connectivity index (χ1) is 11.4. The summed E-state index contributed by atoms with van der Waals surface area (Å²) < 4.78 is 5.63. The molecule has 2 atom stereocenters. The number of amides is 1. The van der Waals surface area contributed by atoms with Crippen molar-refractivity contribution in [3.63, 3.8) is 0 Å². The van der Waals surface area contributed by atoms with Crippen LogP contribution in [0.4, 0.5) is 5.69 Å². The van der Waals surface area contributed by atoms with Gasteiger partial charge in [0.15, 0.2) is 5.78 Å². The van der Waals surface area contributed by atoms with Crippen molar-refractivity contribution in [2.75, 3.05) is 11.9 Å². The third kappa shape index (κ3) is 2.72. The van der Waals surface area contributed by atoms with Gasteiger partial charge in [-0.25, -0.2) is 0 Å². The van der Waals surface area contributed by atoms with Gasteiger partial charge >= 0.3 is 0 Å². The number of Topliss-reactive ketones (excluding diaryl/α,β-unsaturated/α-hetero) is 1. The van der Waals surface area contributed by atoms with Gasteiger partial charge in [-0.05, 0) is 55.9 Å². The van der Waals surface area contributed by atoms with Crippen LogP contribution in [-0.2, 0) is 9.59 Å². The molecule has 2 aliphatic rings. The average Bonchev–Trinajstić information content (AvgIpc) is 3.09. The van der Waals surface area contributed by atoms with Crippen LogP contribution < -0.4 is 10.1 Å². The summed E-state index contributed by atoms with van der Waals surface area (Å²) in [5.41, 5.74) is -0.463. The van der Waals surface area contributed by atoms with Gasteiger partial charge in [0.1, 0.15) is 11.2 Å². The highest BCUT2D eigenvalue weighted by molar-refractivity contribution is 6.15. The monoisotopic (exact) mass is 329 g/mol. The van der Waals surface area contributed by atoms with E-state index in [1.165, 1.54) is 0 Å². The minimum atomic E-state index is -0.815. The Balaban J connectivity index is 1.66. The Morgan fingerprint density at radius 2 is 2.00 bits per heavy atom. The SMILES string of the molecule is CCCCOc1ccc(NC(=O)C23CCC(C2)C(C)(C)C3=O)cc1. The number of anilines is 1. The van der Waals surface area contributed by atoms with Gasteiger partial charge in [-0.3, -0.25) is 9.59 Å². The number of fused-ring (bicyclic) bond motifs is 2. The topological polar surface area (TPSA) is 55.4 Å². The molecule has 0 radical (unpaired) electrons. The zero-order valence-electron chi connectivity index (χ0n) is 14.9. The number of rotatable bonds is 6. The fourth-order valence-corrected chi connectivity index (χ4v) is 4.20. The number of unbranched alkanes of at least 4 members (excludes halogenated alkanes) is 1. The van der Waals surface area contributed by atoms with Gasteiger partial charge in [-0.15, -0.1) is 0 Å². The quantitative estimate of drug-likeness (QED) is 0.628. The molecule has 4 heteroatoms. The first kappa shape index (κ1) is 17.0. The highest BCUT2D eigenvalue weighted by atomic mass is 16.5. The molecule has 130 valence electrons. The summed E-state index contributed by atoms with van der Waals surface area (Å²) in [5, 5.41) is 2.95. The first-order valence-corrected chi connectivity index (χ1v) is 8.99. The zero-order chi connectivity index (χ0) is 17.4. The standard InChI is InChI=1S/C20H27NO3/c1-4-5-12-24-16-8-6-15(7-9-16)21-18(23)20-11-10-14(13-20)19(2,3)17(20)22/h6-9,14H,4-5,10-13H2,1-3H3,(H,21,23). The van der Waals surface area contributed by atoms with E-state index >= 15 is 0 Å². The molecule has 2 saturated carbocycles. The third-order valence-electron chi connectivity index (χ3n) is 5.87. The van der Waals surface area contributed by atoms with E-state index in [2.05, 4.69) is 12.2 Å². The molecule has 0 saturated heterocycles.